The van der Waals surface area contributed by atoms with E-state index in [0.29, 0.717) is 5.56 Å². The van der Waals surface area contributed by atoms with Crippen LogP contribution in [0.1, 0.15) is 61.1 Å². The number of esters is 1. The van der Waals surface area contributed by atoms with E-state index in [4.69, 9.17) is 4.74 Å². The first-order valence-electron chi connectivity index (χ1n) is 8.12. The van der Waals surface area contributed by atoms with Crippen LogP contribution in [0.15, 0.2) is 60.7 Å². The van der Waals surface area contributed by atoms with Crippen LogP contribution < -0.4 is 0 Å². The lowest BCUT2D eigenvalue weighted by molar-refractivity contribution is 0.0270. The zero-order valence-electron chi connectivity index (χ0n) is 13.2. The zero-order valence-corrected chi connectivity index (χ0v) is 13.2. The minimum absolute atomic E-state index is 0.161. The van der Waals surface area contributed by atoms with Crippen molar-refractivity contribution in [3.8, 4) is 0 Å². The first-order valence-corrected chi connectivity index (χ1v) is 8.12. The van der Waals surface area contributed by atoms with Crippen LogP contribution in [-0.2, 0) is 4.74 Å². The second-order valence-electron chi connectivity index (χ2n) is 5.52. The fraction of sp³-hybridized carbons (Fsp3) is 0.350. The molecule has 1 atom stereocenters. The average Bonchev–Trinajstić information content (AvgIpc) is 2.59. The molecule has 0 heterocycles. The summed E-state index contributed by atoms with van der Waals surface area (Å²) < 4.78 is 5.76. The molecule has 0 bridgehead atoms. The van der Waals surface area contributed by atoms with Crippen LogP contribution in [0.3, 0.4) is 0 Å². The van der Waals surface area contributed by atoms with Gasteiger partial charge in [-0.25, -0.2) is 4.79 Å². The van der Waals surface area contributed by atoms with Gasteiger partial charge in [0, 0.05) is 0 Å². The summed E-state index contributed by atoms with van der Waals surface area (Å²) in [4.78, 5) is 12.3. The highest BCUT2D eigenvalue weighted by Gasteiger charge is 2.17. The van der Waals surface area contributed by atoms with E-state index in [0.717, 1.165) is 18.4 Å². The van der Waals surface area contributed by atoms with Crippen LogP contribution in [0, 0.1) is 0 Å². The Kier molecular flexibility index (Phi) is 6.69. The van der Waals surface area contributed by atoms with Gasteiger partial charge in [-0.3, -0.25) is 0 Å². The molecular formula is C20H24O2. The quantitative estimate of drug-likeness (QED) is 0.471. The molecule has 0 aromatic heterocycles. The van der Waals surface area contributed by atoms with Gasteiger partial charge in [-0.15, -0.1) is 0 Å². The fourth-order valence-electron chi connectivity index (χ4n) is 2.49. The number of hydrogen-bond donors (Lipinski definition) is 0. The lowest BCUT2D eigenvalue weighted by Gasteiger charge is -2.18. The van der Waals surface area contributed by atoms with Gasteiger partial charge in [0.05, 0.1) is 5.56 Å². The Morgan fingerprint density at radius 2 is 1.55 bits per heavy atom. The molecule has 2 nitrogen and oxygen atoms in total. The van der Waals surface area contributed by atoms with Crippen LogP contribution in [-0.4, -0.2) is 5.97 Å². The van der Waals surface area contributed by atoms with Crippen molar-refractivity contribution in [2.75, 3.05) is 0 Å². The maximum Gasteiger partial charge on any atom is 0.338 e. The molecule has 0 aliphatic heterocycles. The summed E-state index contributed by atoms with van der Waals surface area (Å²) in [5.41, 5.74) is 1.68. The number of hydrogen-bond acceptors (Lipinski definition) is 2. The molecule has 0 saturated heterocycles. The Morgan fingerprint density at radius 1 is 0.909 bits per heavy atom. The summed E-state index contributed by atoms with van der Waals surface area (Å²) in [6.07, 6.45) is 5.42. The topological polar surface area (TPSA) is 26.3 Å². The first-order chi connectivity index (χ1) is 10.8. The predicted octanol–water partition coefficient (Wildman–Crippen LogP) is 5.56. The molecule has 2 rings (SSSR count). The molecule has 0 radical (unpaired) electrons. The van der Waals surface area contributed by atoms with Crippen LogP contribution in [0.2, 0.25) is 0 Å². The molecule has 0 amide bonds. The average molecular weight is 296 g/mol. The molecule has 0 aliphatic rings. The molecule has 22 heavy (non-hydrogen) atoms. The number of carbonyl (C=O) groups is 1. The van der Waals surface area contributed by atoms with Crippen molar-refractivity contribution in [2.45, 2.75) is 45.1 Å². The van der Waals surface area contributed by atoms with E-state index in [2.05, 4.69) is 6.92 Å². The van der Waals surface area contributed by atoms with E-state index < -0.39 is 0 Å². The van der Waals surface area contributed by atoms with Crippen molar-refractivity contribution < 1.29 is 9.53 Å². The van der Waals surface area contributed by atoms with E-state index in [9.17, 15) is 4.79 Å². The van der Waals surface area contributed by atoms with Crippen molar-refractivity contribution in [3.05, 3.63) is 71.8 Å². The maximum absolute atomic E-state index is 12.3. The van der Waals surface area contributed by atoms with Gasteiger partial charge in [-0.05, 0) is 30.5 Å². The third-order valence-corrected chi connectivity index (χ3v) is 3.75. The SMILES string of the molecule is CCCCCC[C@@H](OC(=O)c1ccccc1)c1ccccc1. The summed E-state index contributed by atoms with van der Waals surface area (Å²) in [5.74, 6) is -0.245. The number of rotatable bonds is 8. The van der Waals surface area contributed by atoms with E-state index in [1.807, 2.05) is 48.5 Å². The predicted molar refractivity (Wildman–Crippen MR) is 89.8 cm³/mol. The Labute approximate surface area is 133 Å². The highest BCUT2D eigenvalue weighted by Crippen LogP contribution is 2.25. The van der Waals surface area contributed by atoms with Gasteiger partial charge in [0.2, 0.25) is 0 Å². The van der Waals surface area contributed by atoms with Crippen LogP contribution >= 0.6 is 0 Å². The van der Waals surface area contributed by atoms with E-state index in [1.165, 1.54) is 19.3 Å². The van der Waals surface area contributed by atoms with Crippen LogP contribution in [0.4, 0.5) is 0 Å². The van der Waals surface area contributed by atoms with Crippen molar-refractivity contribution in [1.82, 2.24) is 0 Å². The second-order valence-corrected chi connectivity index (χ2v) is 5.52. The lowest BCUT2D eigenvalue weighted by Crippen LogP contribution is -2.12. The largest absolute Gasteiger partial charge is 0.454 e. The molecule has 116 valence electrons. The molecule has 0 unspecified atom stereocenters. The molecule has 0 fully saturated rings. The molecule has 0 spiro atoms. The van der Waals surface area contributed by atoms with Crippen molar-refractivity contribution in [1.29, 1.82) is 0 Å². The van der Waals surface area contributed by atoms with E-state index in [1.54, 1.807) is 12.1 Å². The summed E-state index contributed by atoms with van der Waals surface area (Å²) in [5, 5.41) is 0. The molecule has 2 aromatic carbocycles. The zero-order chi connectivity index (χ0) is 15.6. The molecule has 2 aromatic rings. The summed E-state index contributed by atoms with van der Waals surface area (Å²) >= 11 is 0. The van der Waals surface area contributed by atoms with E-state index in [-0.39, 0.29) is 12.1 Å². The van der Waals surface area contributed by atoms with Gasteiger partial charge in [0.1, 0.15) is 6.10 Å². The Hall–Kier alpha value is -2.09. The summed E-state index contributed by atoms with van der Waals surface area (Å²) in [7, 11) is 0. The van der Waals surface area contributed by atoms with Gasteiger partial charge < -0.3 is 4.74 Å². The Balaban J connectivity index is 2.02. The fourth-order valence-corrected chi connectivity index (χ4v) is 2.49. The monoisotopic (exact) mass is 296 g/mol. The van der Waals surface area contributed by atoms with Gasteiger partial charge in [0.25, 0.3) is 0 Å². The van der Waals surface area contributed by atoms with Crippen molar-refractivity contribution in [2.24, 2.45) is 0 Å². The molecular weight excluding hydrogens is 272 g/mol. The summed E-state index contributed by atoms with van der Waals surface area (Å²) in [6.45, 7) is 2.20. The van der Waals surface area contributed by atoms with Gasteiger partial charge >= 0.3 is 5.97 Å². The number of unbranched alkanes of at least 4 members (excludes halogenated alkanes) is 3. The minimum atomic E-state index is -0.245. The number of carbonyl (C=O) groups excluding carboxylic acids is 1. The van der Waals surface area contributed by atoms with Gasteiger partial charge in [0.15, 0.2) is 0 Å². The van der Waals surface area contributed by atoms with Crippen LogP contribution in [0.25, 0.3) is 0 Å². The molecule has 0 aliphatic carbocycles. The summed E-state index contributed by atoms with van der Waals surface area (Å²) in [6, 6.07) is 19.2. The molecule has 0 saturated carbocycles. The standard InChI is InChI=1S/C20H24O2/c1-2-3-4-11-16-19(17-12-7-5-8-13-17)22-20(21)18-14-9-6-10-15-18/h5-10,12-15,19H,2-4,11,16H2,1H3/t19-/m1/s1. The smallest absolute Gasteiger partial charge is 0.338 e. The highest BCUT2D eigenvalue weighted by atomic mass is 16.5. The lowest BCUT2D eigenvalue weighted by atomic mass is 10.0. The molecule has 2 heteroatoms. The maximum atomic E-state index is 12.3. The van der Waals surface area contributed by atoms with Gasteiger partial charge in [-0.2, -0.15) is 0 Å². The Bertz CT molecular complexity index is 548. The normalized spacial score (nSPS) is 11.9. The highest BCUT2D eigenvalue weighted by molar-refractivity contribution is 5.89. The number of benzene rings is 2. The van der Waals surface area contributed by atoms with Gasteiger partial charge in [-0.1, -0.05) is 74.7 Å². The van der Waals surface area contributed by atoms with Crippen LogP contribution in [0.5, 0.6) is 0 Å². The molecule has 0 N–H and O–H groups in total. The number of ether oxygens (including phenoxy) is 1. The first kappa shape index (κ1) is 16.3. The Morgan fingerprint density at radius 3 is 2.18 bits per heavy atom. The third-order valence-electron chi connectivity index (χ3n) is 3.75. The second kappa shape index (κ2) is 9.04. The van der Waals surface area contributed by atoms with Crippen molar-refractivity contribution in [3.63, 3.8) is 0 Å². The minimum Gasteiger partial charge on any atom is -0.454 e. The third kappa shape index (κ3) is 5.03. The van der Waals surface area contributed by atoms with Crippen molar-refractivity contribution >= 4 is 5.97 Å². The van der Waals surface area contributed by atoms with E-state index >= 15 is 0 Å².